The zero-order chi connectivity index (χ0) is 17.3. The van der Waals surface area contributed by atoms with E-state index in [0.29, 0.717) is 28.0 Å². The Balaban J connectivity index is 2.05. The van der Waals surface area contributed by atoms with Gasteiger partial charge in [0, 0.05) is 41.0 Å². The Hall–Kier alpha value is -2.34. The number of piperidine rings is 1. The van der Waals surface area contributed by atoms with Crippen LogP contribution in [0.2, 0.25) is 5.02 Å². The molecule has 1 aliphatic heterocycles. The number of aromatic nitrogens is 1. The smallest absolute Gasteiger partial charge is 0.255 e. The summed E-state index contributed by atoms with van der Waals surface area (Å²) in [6.45, 7) is 0.547. The fourth-order valence-electron chi connectivity index (χ4n) is 3.27. The van der Waals surface area contributed by atoms with Crippen LogP contribution in [0.25, 0.3) is 10.9 Å². The Bertz CT molecular complexity index is 862. The molecule has 0 radical (unpaired) electrons. The average molecular weight is 348 g/mol. The summed E-state index contributed by atoms with van der Waals surface area (Å²) in [4.78, 5) is 40.6. The molecule has 3 N–H and O–H groups in total. The van der Waals surface area contributed by atoms with E-state index in [0.717, 1.165) is 19.3 Å². The van der Waals surface area contributed by atoms with Crippen LogP contribution >= 0.6 is 11.6 Å². The Morgan fingerprint density at radius 1 is 1.29 bits per heavy atom. The number of rotatable bonds is 3. The summed E-state index contributed by atoms with van der Waals surface area (Å²) >= 11 is 6.04. The van der Waals surface area contributed by atoms with Gasteiger partial charge in [0.05, 0.1) is 5.56 Å². The number of carbonyl (C=O) groups excluding carboxylic acids is 2. The van der Waals surface area contributed by atoms with Crippen molar-refractivity contribution in [3.05, 3.63) is 45.2 Å². The normalized spacial score (nSPS) is 17.9. The van der Waals surface area contributed by atoms with Gasteiger partial charge in [-0.05, 0) is 37.5 Å². The van der Waals surface area contributed by atoms with Crippen LogP contribution in [0.15, 0.2) is 29.1 Å². The molecule has 3 rings (SSSR count). The van der Waals surface area contributed by atoms with Gasteiger partial charge in [-0.15, -0.1) is 0 Å². The third kappa shape index (κ3) is 3.28. The molecule has 0 unspecified atom stereocenters. The number of nitrogens with two attached hydrogens (primary N) is 1. The SMILES string of the molecule is NC(=O)C[C@H]1CCCCN1C(=O)c1cc(=O)[nH]c2ccc(Cl)cc12. The molecule has 126 valence electrons. The molecule has 0 saturated carbocycles. The van der Waals surface area contributed by atoms with Crippen molar-refractivity contribution >= 4 is 34.3 Å². The molecule has 1 aromatic carbocycles. The molecule has 0 aliphatic carbocycles. The number of H-pyrrole nitrogens is 1. The molecule has 1 aromatic heterocycles. The number of nitrogens with one attached hydrogen (secondary N) is 1. The lowest BCUT2D eigenvalue weighted by molar-refractivity contribution is -0.119. The summed E-state index contributed by atoms with van der Waals surface area (Å²) in [5.74, 6) is -0.696. The Morgan fingerprint density at radius 2 is 2.08 bits per heavy atom. The first-order valence-corrected chi connectivity index (χ1v) is 8.25. The molecule has 1 saturated heterocycles. The van der Waals surface area contributed by atoms with Gasteiger partial charge < -0.3 is 15.6 Å². The first-order chi connectivity index (χ1) is 11.5. The predicted molar refractivity (Wildman–Crippen MR) is 92.1 cm³/mol. The number of likely N-dealkylation sites (tertiary alicyclic amines) is 1. The second-order valence-electron chi connectivity index (χ2n) is 6.06. The monoisotopic (exact) mass is 347 g/mol. The number of fused-ring (bicyclic) bond motifs is 1. The molecule has 6 nitrogen and oxygen atoms in total. The molecule has 2 heterocycles. The average Bonchev–Trinajstić information content (AvgIpc) is 2.54. The first-order valence-electron chi connectivity index (χ1n) is 7.87. The topological polar surface area (TPSA) is 96.3 Å². The van der Waals surface area contributed by atoms with Crippen molar-refractivity contribution in [3.63, 3.8) is 0 Å². The van der Waals surface area contributed by atoms with Crippen molar-refractivity contribution in [2.45, 2.75) is 31.7 Å². The predicted octanol–water partition coefficient (Wildman–Crippen LogP) is 2.05. The largest absolute Gasteiger partial charge is 0.370 e. The minimum atomic E-state index is -0.432. The molecular formula is C17H18ClN3O3. The number of carbonyl (C=O) groups is 2. The van der Waals surface area contributed by atoms with Gasteiger partial charge in [-0.2, -0.15) is 0 Å². The number of benzene rings is 1. The van der Waals surface area contributed by atoms with Crippen LogP contribution in [0.3, 0.4) is 0 Å². The maximum Gasteiger partial charge on any atom is 0.255 e. The number of primary amides is 1. The maximum atomic E-state index is 13.0. The Kier molecular flexibility index (Phi) is 4.57. The number of aromatic amines is 1. The summed E-state index contributed by atoms with van der Waals surface area (Å²) in [5.41, 5.74) is 5.81. The van der Waals surface area contributed by atoms with Crippen LogP contribution in [0.4, 0.5) is 0 Å². The third-order valence-corrected chi connectivity index (χ3v) is 4.60. The van der Waals surface area contributed by atoms with Crippen LogP contribution < -0.4 is 11.3 Å². The molecular weight excluding hydrogens is 330 g/mol. The van der Waals surface area contributed by atoms with Gasteiger partial charge in [0.2, 0.25) is 11.5 Å². The summed E-state index contributed by atoms with van der Waals surface area (Å²) in [6, 6.07) is 6.05. The van der Waals surface area contributed by atoms with Crippen LogP contribution in [0.1, 0.15) is 36.0 Å². The van der Waals surface area contributed by atoms with Crippen LogP contribution in [-0.4, -0.2) is 34.3 Å². The summed E-state index contributed by atoms with van der Waals surface area (Å²) in [7, 11) is 0. The van der Waals surface area contributed by atoms with Crippen LogP contribution in [-0.2, 0) is 4.79 Å². The zero-order valence-corrected chi connectivity index (χ0v) is 13.8. The molecule has 1 aliphatic rings. The molecule has 1 fully saturated rings. The van der Waals surface area contributed by atoms with E-state index in [1.807, 2.05) is 0 Å². The van der Waals surface area contributed by atoms with Crippen molar-refractivity contribution in [1.82, 2.24) is 9.88 Å². The van der Waals surface area contributed by atoms with Crippen molar-refractivity contribution in [3.8, 4) is 0 Å². The minimum Gasteiger partial charge on any atom is -0.370 e. The van der Waals surface area contributed by atoms with E-state index < -0.39 is 5.91 Å². The Morgan fingerprint density at radius 3 is 2.83 bits per heavy atom. The van der Waals surface area contributed by atoms with E-state index in [1.54, 1.807) is 23.1 Å². The quantitative estimate of drug-likeness (QED) is 0.889. The zero-order valence-electron chi connectivity index (χ0n) is 13.0. The van der Waals surface area contributed by atoms with Gasteiger partial charge in [-0.25, -0.2) is 0 Å². The van der Waals surface area contributed by atoms with E-state index in [2.05, 4.69) is 4.98 Å². The second kappa shape index (κ2) is 6.65. The number of pyridine rings is 1. The van der Waals surface area contributed by atoms with E-state index in [9.17, 15) is 14.4 Å². The van der Waals surface area contributed by atoms with Gasteiger partial charge in [0.1, 0.15) is 0 Å². The van der Waals surface area contributed by atoms with Gasteiger partial charge in [0.25, 0.3) is 5.91 Å². The molecule has 24 heavy (non-hydrogen) atoms. The summed E-state index contributed by atoms with van der Waals surface area (Å²) in [5, 5.41) is 1.08. The second-order valence-corrected chi connectivity index (χ2v) is 6.49. The van der Waals surface area contributed by atoms with Crippen LogP contribution in [0, 0.1) is 0 Å². The molecule has 2 aromatic rings. The van der Waals surface area contributed by atoms with Gasteiger partial charge in [0.15, 0.2) is 0 Å². The van der Waals surface area contributed by atoms with E-state index in [-0.39, 0.29) is 23.9 Å². The van der Waals surface area contributed by atoms with E-state index >= 15 is 0 Å². The van der Waals surface area contributed by atoms with E-state index in [1.165, 1.54) is 6.07 Å². The highest BCUT2D eigenvalue weighted by molar-refractivity contribution is 6.31. The van der Waals surface area contributed by atoms with Crippen molar-refractivity contribution < 1.29 is 9.59 Å². The standard InChI is InChI=1S/C17H18ClN3O3/c18-10-4-5-14-12(7-10)13(9-16(23)20-14)17(24)21-6-2-1-3-11(21)8-15(19)22/h4-5,7,9,11H,1-3,6,8H2,(H2,19,22)(H,20,23)/t11-/m1/s1. The van der Waals surface area contributed by atoms with Crippen molar-refractivity contribution in [2.24, 2.45) is 5.73 Å². The lowest BCUT2D eigenvalue weighted by atomic mass is 9.97. The number of amides is 2. The number of nitrogens with zero attached hydrogens (tertiary/aromatic N) is 1. The van der Waals surface area contributed by atoms with E-state index in [4.69, 9.17) is 17.3 Å². The first kappa shape index (κ1) is 16.5. The minimum absolute atomic E-state index is 0.133. The highest BCUT2D eigenvalue weighted by atomic mass is 35.5. The maximum absolute atomic E-state index is 13.0. The lowest BCUT2D eigenvalue weighted by Gasteiger charge is -2.35. The lowest BCUT2D eigenvalue weighted by Crippen LogP contribution is -2.45. The molecule has 0 spiro atoms. The molecule has 0 bridgehead atoms. The highest BCUT2D eigenvalue weighted by Crippen LogP contribution is 2.25. The fourth-order valence-corrected chi connectivity index (χ4v) is 3.44. The van der Waals surface area contributed by atoms with Gasteiger partial charge in [-0.1, -0.05) is 11.6 Å². The van der Waals surface area contributed by atoms with Gasteiger partial charge >= 0.3 is 0 Å². The van der Waals surface area contributed by atoms with Gasteiger partial charge in [-0.3, -0.25) is 14.4 Å². The molecule has 7 heteroatoms. The van der Waals surface area contributed by atoms with Crippen LogP contribution in [0.5, 0.6) is 0 Å². The number of hydrogen-bond donors (Lipinski definition) is 2. The molecule has 2 amide bonds. The number of hydrogen-bond acceptors (Lipinski definition) is 3. The third-order valence-electron chi connectivity index (χ3n) is 4.36. The summed E-state index contributed by atoms with van der Waals surface area (Å²) in [6.07, 6.45) is 2.68. The van der Waals surface area contributed by atoms with Crippen molar-refractivity contribution in [2.75, 3.05) is 6.54 Å². The Labute approximate surface area is 143 Å². The summed E-state index contributed by atoms with van der Waals surface area (Å²) < 4.78 is 0. The molecule has 1 atom stereocenters. The number of halogens is 1. The highest BCUT2D eigenvalue weighted by Gasteiger charge is 2.29. The van der Waals surface area contributed by atoms with Crippen molar-refractivity contribution in [1.29, 1.82) is 0 Å². The fraction of sp³-hybridized carbons (Fsp3) is 0.353.